The number of nitrogens with one attached hydrogen (secondary N) is 2. The molecule has 1 rings (SSSR count). The Hall–Kier alpha value is -0.680. The van der Waals surface area contributed by atoms with Crippen molar-refractivity contribution in [3.63, 3.8) is 0 Å². The molecular weight excluding hydrogens is 184 g/mol. The van der Waals surface area contributed by atoms with Gasteiger partial charge in [-0.2, -0.15) is 0 Å². The molecule has 74 valence electrons. The van der Waals surface area contributed by atoms with Crippen LogP contribution in [0.4, 0.5) is 0 Å². The van der Waals surface area contributed by atoms with Crippen molar-refractivity contribution in [2.24, 2.45) is 10.7 Å². The number of nitrogens with zero attached hydrogens (tertiary/aromatic N) is 1. The lowest BCUT2D eigenvalue weighted by atomic mass is 10.1. The minimum atomic E-state index is 0.287. The zero-order valence-electron chi connectivity index (χ0n) is 7.84. The van der Waals surface area contributed by atoms with Crippen LogP contribution in [0.25, 0.3) is 0 Å². The molecule has 1 saturated heterocycles. The maximum Gasteiger partial charge on any atom is 0.169 e. The van der Waals surface area contributed by atoms with Crippen molar-refractivity contribution in [2.75, 3.05) is 13.1 Å². The first-order chi connectivity index (χ1) is 6.18. The lowest BCUT2D eigenvalue weighted by Crippen LogP contribution is -2.36. The van der Waals surface area contributed by atoms with Crippen LogP contribution in [0.1, 0.15) is 19.8 Å². The second kappa shape index (κ2) is 5.14. The minimum absolute atomic E-state index is 0.287. The quantitative estimate of drug-likeness (QED) is 0.316. The predicted octanol–water partition coefficient (Wildman–Crippen LogP) is -0.01000. The molecule has 4 N–H and O–H groups in total. The number of rotatable bonds is 1. The SMILES string of the molecule is CC(=NC1CCNCC1)NC(N)=S. The Labute approximate surface area is 84.0 Å². The summed E-state index contributed by atoms with van der Waals surface area (Å²) in [5.74, 6) is 0.819. The van der Waals surface area contributed by atoms with Gasteiger partial charge in [0.1, 0.15) is 0 Å². The molecule has 0 aliphatic carbocycles. The van der Waals surface area contributed by atoms with Crippen LogP contribution in [0.3, 0.4) is 0 Å². The van der Waals surface area contributed by atoms with Crippen molar-refractivity contribution in [1.82, 2.24) is 10.6 Å². The number of thiocarbonyl (C=S) groups is 1. The summed E-state index contributed by atoms with van der Waals surface area (Å²) in [7, 11) is 0. The van der Waals surface area contributed by atoms with E-state index in [2.05, 4.69) is 15.6 Å². The molecule has 0 amide bonds. The monoisotopic (exact) mass is 200 g/mol. The number of aliphatic imine (C=N–C) groups is 1. The number of piperidine rings is 1. The number of hydrogen-bond donors (Lipinski definition) is 3. The number of amidine groups is 1. The van der Waals surface area contributed by atoms with Gasteiger partial charge in [-0.3, -0.25) is 4.99 Å². The van der Waals surface area contributed by atoms with Gasteiger partial charge in [-0.15, -0.1) is 0 Å². The third kappa shape index (κ3) is 4.19. The van der Waals surface area contributed by atoms with E-state index in [0.717, 1.165) is 31.8 Å². The van der Waals surface area contributed by atoms with Gasteiger partial charge in [0.05, 0.1) is 11.9 Å². The van der Waals surface area contributed by atoms with E-state index in [0.29, 0.717) is 6.04 Å². The fourth-order valence-corrected chi connectivity index (χ4v) is 1.57. The molecule has 0 atom stereocenters. The molecule has 4 nitrogen and oxygen atoms in total. The highest BCUT2D eigenvalue weighted by Gasteiger charge is 2.11. The third-order valence-electron chi connectivity index (χ3n) is 1.99. The van der Waals surface area contributed by atoms with Crippen molar-refractivity contribution in [3.05, 3.63) is 0 Å². The lowest BCUT2D eigenvalue weighted by Gasteiger charge is -2.19. The second-order valence-electron chi connectivity index (χ2n) is 3.18. The molecule has 5 heteroatoms. The molecule has 0 spiro atoms. The molecular formula is C8H16N4S. The topological polar surface area (TPSA) is 62.4 Å². The van der Waals surface area contributed by atoms with Gasteiger partial charge in [0.25, 0.3) is 0 Å². The van der Waals surface area contributed by atoms with E-state index in [1.165, 1.54) is 0 Å². The van der Waals surface area contributed by atoms with Crippen LogP contribution >= 0.6 is 12.2 Å². The first-order valence-electron chi connectivity index (χ1n) is 4.50. The number of hydrogen-bond acceptors (Lipinski definition) is 3. The largest absolute Gasteiger partial charge is 0.376 e. The van der Waals surface area contributed by atoms with E-state index in [9.17, 15) is 0 Å². The molecule has 0 saturated carbocycles. The van der Waals surface area contributed by atoms with Crippen LogP contribution in [-0.2, 0) is 0 Å². The second-order valence-corrected chi connectivity index (χ2v) is 3.62. The van der Waals surface area contributed by atoms with Crippen LogP contribution in [0, 0.1) is 0 Å². The zero-order chi connectivity index (χ0) is 9.68. The van der Waals surface area contributed by atoms with Gasteiger partial charge in [-0.05, 0) is 45.1 Å². The average molecular weight is 200 g/mol. The van der Waals surface area contributed by atoms with Crippen molar-refractivity contribution in [2.45, 2.75) is 25.8 Å². The molecule has 13 heavy (non-hydrogen) atoms. The zero-order valence-corrected chi connectivity index (χ0v) is 8.66. The molecule has 0 bridgehead atoms. The van der Waals surface area contributed by atoms with Crippen LogP contribution in [0.2, 0.25) is 0 Å². The molecule has 0 aromatic heterocycles. The minimum Gasteiger partial charge on any atom is -0.376 e. The molecule has 1 aliphatic rings. The highest BCUT2D eigenvalue weighted by molar-refractivity contribution is 7.80. The van der Waals surface area contributed by atoms with E-state index < -0.39 is 0 Å². The lowest BCUT2D eigenvalue weighted by molar-refractivity contribution is 0.459. The molecule has 1 aliphatic heterocycles. The Balaban J connectivity index is 2.38. The van der Waals surface area contributed by atoms with Gasteiger partial charge in [0.2, 0.25) is 0 Å². The van der Waals surface area contributed by atoms with Crippen molar-refractivity contribution in [3.8, 4) is 0 Å². The third-order valence-corrected chi connectivity index (χ3v) is 2.09. The summed E-state index contributed by atoms with van der Waals surface area (Å²) < 4.78 is 0. The van der Waals surface area contributed by atoms with E-state index >= 15 is 0 Å². The summed E-state index contributed by atoms with van der Waals surface area (Å²) in [6.07, 6.45) is 2.19. The smallest absolute Gasteiger partial charge is 0.169 e. The van der Waals surface area contributed by atoms with Crippen LogP contribution in [-0.4, -0.2) is 30.1 Å². The average Bonchev–Trinajstić information content (AvgIpc) is 2.04. The Kier molecular flexibility index (Phi) is 4.11. The molecule has 0 aromatic carbocycles. The van der Waals surface area contributed by atoms with Crippen molar-refractivity contribution < 1.29 is 0 Å². The maximum absolute atomic E-state index is 5.33. The van der Waals surface area contributed by atoms with Gasteiger partial charge in [-0.25, -0.2) is 0 Å². The summed E-state index contributed by atoms with van der Waals surface area (Å²) in [5.41, 5.74) is 5.33. The van der Waals surface area contributed by atoms with Crippen LogP contribution < -0.4 is 16.4 Å². The summed E-state index contributed by atoms with van der Waals surface area (Å²) in [6.45, 7) is 3.99. The maximum atomic E-state index is 5.33. The van der Waals surface area contributed by atoms with Crippen LogP contribution in [0.15, 0.2) is 4.99 Å². The molecule has 0 radical (unpaired) electrons. The predicted molar refractivity (Wildman–Crippen MR) is 58.9 cm³/mol. The van der Waals surface area contributed by atoms with E-state index in [4.69, 9.17) is 18.0 Å². The van der Waals surface area contributed by atoms with Crippen LogP contribution in [0.5, 0.6) is 0 Å². The van der Waals surface area contributed by atoms with Crippen molar-refractivity contribution >= 4 is 23.2 Å². The molecule has 1 heterocycles. The van der Waals surface area contributed by atoms with E-state index in [-0.39, 0.29) is 5.11 Å². The molecule has 0 unspecified atom stereocenters. The highest BCUT2D eigenvalue weighted by atomic mass is 32.1. The fraction of sp³-hybridized carbons (Fsp3) is 0.750. The van der Waals surface area contributed by atoms with Gasteiger partial charge < -0.3 is 16.4 Å². The Morgan fingerprint density at radius 3 is 2.69 bits per heavy atom. The van der Waals surface area contributed by atoms with Gasteiger partial charge >= 0.3 is 0 Å². The standard InChI is InChI=1S/C8H16N4S/c1-6(12-8(9)13)11-7-2-4-10-5-3-7/h7,10H,2-5H2,1H3,(H3,9,11,12,13). The molecule has 1 fully saturated rings. The Morgan fingerprint density at radius 1 is 1.54 bits per heavy atom. The van der Waals surface area contributed by atoms with Crippen molar-refractivity contribution in [1.29, 1.82) is 0 Å². The summed E-state index contributed by atoms with van der Waals surface area (Å²) in [4.78, 5) is 4.47. The first-order valence-corrected chi connectivity index (χ1v) is 4.91. The van der Waals surface area contributed by atoms with E-state index in [1.54, 1.807) is 0 Å². The normalized spacial score (nSPS) is 19.9. The first kappa shape index (κ1) is 10.4. The van der Waals surface area contributed by atoms with E-state index in [1.807, 2.05) is 6.92 Å². The summed E-state index contributed by atoms with van der Waals surface area (Å²) >= 11 is 4.71. The van der Waals surface area contributed by atoms with Gasteiger partial charge in [0, 0.05) is 0 Å². The Morgan fingerprint density at radius 2 is 2.15 bits per heavy atom. The Bertz CT molecular complexity index is 208. The fourth-order valence-electron chi connectivity index (χ4n) is 1.42. The van der Waals surface area contributed by atoms with Gasteiger partial charge in [-0.1, -0.05) is 0 Å². The highest BCUT2D eigenvalue weighted by Crippen LogP contribution is 2.06. The summed E-state index contributed by atoms with van der Waals surface area (Å²) in [6, 6.07) is 0.420. The van der Waals surface area contributed by atoms with Gasteiger partial charge in [0.15, 0.2) is 5.11 Å². The summed E-state index contributed by atoms with van der Waals surface area (Å²) in [5, 5.41) is 6.40. The number of nitrogens with two attached hydrogens (primary N) is 1. The molecule has 0 aromatic rings.